The van der Waals surface area contributed by atoms with Crippen molar-refractivity contribution < 1.29 is 0 Å². The Morgan fingerprint density at radius 3 is 2.83 bits per heavy atom. The molecule has 2 aliphatic carbocycles. The van der Waals surface area contributed by atoms with Crippen LogP contribution in [0, 0.1) is 11.8 Å². The molecule has 0 radical (unpaired) electrons. The molecule has 1 saturated carbocycles. The van der Waals surface area contributed by atoms with Crippen LogP contribution in [-0.2, 0) is 12.8 Å². The highest BCUT2D eigenvalue weighted by Gasteiger charge is 2.20. The Morgan fingerprint density at radius 1 is 1.17 bits per heavy atom. The largest absolute Gasteiger partial charge is 0.369 e. The van der Waals surface area contributed by atoms with E-state index < -0.39 is 0 Å². The van der Waals surface area contributed by atoms with Crippen molar-refractivity contribution >= 4 is 5.82 Å². The first kappa shape index (κ1) is 11.9. The van der Waals surface area contributed by atoms with Gasteiger partial charge >= 0.3 is 0 Å². The fraction of sp³-hybridized carbons (Fsp3) is 0.733. The van der Waals surface area contributed by atoms with Crippen molar-refractivity contribution in [1.29, 1.82) is 0 Å². The van der Waals surface area contributed by atoms with Crippen LogP contribution in [0.3, 0.4) is 0 Å². The average molecular weight is 245 g/mol. The molecule has 0 spiro atoms. The summed E-state index contributed by atoms with van der Waals surface area (Å²) in [5, 5.41) is 3.58. The molecule has 98 valence electrons. The van der Waals surface area contributed by atoms with E-state index in [0.29, 0.717) is 0 Å². The van der Waals surface area contributed by atoms with Gasteiger partial charge < -0.3 is 5.32 Å². The number of aryl methyl sites for hydroxylation is 1. The number of nitrogens with one attached hydrogen (secondary N) is 1. The first-order chi connectivity index (χ1) is 8.83. The predicted molar refractivity (Wildman–Crippen MR) is 73.7 cm³/mol. The van der Waals surface area contributed by atoms with Gasteiger partial charge in [0.2, 0.25) is 0 Å². The van der Waals surface area contributed by atoms with Crippen LogP contribution in [0.5, 0.6) is 0 Å². The maximum absolute atomic E-state index is 4.43. The van der Waals surface area contributed by atoms with Crippen LogP contribution in [0.1, 0.15) is 50.3 Å². The molecule has 0 unspecified atom stereocenters. The average Bonchev–Trinajstić information content (AvgIpc) is 2.87. The molecule has 2 aliphatic rings. The van der Waals surface area contributed by atoms with Gasteiger partial charge in [0.05, 0.1) is 0 Å². The van der Waals surface area contributed by atoms with Gasteiger partial charge in [0, 0.05) is 17.8 Å². The van der Waals surface area contributed by atoms with Crippen molar-refractivity contribution in [2.45, 2.75) is 51.9 Å². The summed E-state index contributed by atoms with van der Waals surface area (Å²) in [5.74, 6) is 2.88. The first-order valence-corrected chi connectivity index (χ1v) is 7.39. The molecule has 3 rings (SSSR count). The molecule has 0 aliphatic heterocycles. The van der Waals surface area contributed by atoms with E-state index in [2.05, 4.69) is 22.2 Å². The topological polar surface area (TPSA) is 37.8 Å². The fourth-order valence-electron chi connectivity index (χ4n) is 3.29. The maximum Gasteiger partial charge on any atom is 0.132 e. The second kappa shape index (κ2) is 5.25. The van der Waals surface area contributed by atoms with Gasteiger partial charge in [-0.05, 0) is 43.9 Å². The first-order valence-electron chi connectivity index (χ1n) is 7.39. The second-order valence-electron chi connectivity index (χ2n) is 6.01. The molecular formula is C15H23N3. The Morgan fingerprint density at radius 2 is 2.00 bits per heavy atom. The third-order valence-electron chi connectivity index (χ3n) is 4.57. The summed E-state index contributed by atoms with van der Waals surface area (Å²) < 4.78 is 0. The number of anilines is 1. The molecule has 1 aromatic heterocycles. The maximum atomic E-state index is 4.43. The molecule has 1 aromatic rings. The van der Waals surface area contributed by atoms with Gasteiger partial charge in [0.25, 0.3) is 0 Å². The number of hydrogen-bond donors (Lipinski definition) is 1. The number of nitrogens with zero attached hydrogens (tertiary/aromatic N) is 2. The second-order valence-corrected chi connectivity index (χ2v) is 6.01. The van der Waals surface area contributed by atoms with Crippen LogP contribution in [0.15, 0.2) is 6.33 Å². The normalized spacial score (nSPS) is 26.9. The zero-order chi connectivity index (χ0) is 12.4. The molecule has 0 amide bonds. The summed E-state index contributed by atoms with van der Waals surface area (Å²) in [6.45, 7) is 3.47. The summed E-state index contributed by atoms with van der Waals surface area (Å²) >= 11 is 0. The van der Waals surface area contributed by atoms with Crippen LogP contribution in [0.4, 0.5) is 5.82 Å². The number of rotatable bonds is 3. The summed E-state index contributed by atoms with van der Waals surface area (Å²) in [7, 11) is 0. The van der Waals surface area contributed by atoms with Gasteiger partial charge in [-0.1, -0.05) is 19.8 Å². The van der Waals surface area contributed by atoms with E-state index in [-0.39, 0.29) is 0 Å². The standard InChI is InChI=1S/C15H23N3/c1-11-5-7-12(8-6-11)9-16-15-13-3-2-4-14(13)17-10-18-15/h10-12H,2-9H2,1H3,(H,16,17,18). The van der Waals surface area contributed by atoms with Crippen molar-refractivity contribution in [3.05, 3.63) is 17.6 Å². The molecule has 18 heavy (non-hydrogen) atoms. The lowest BCUT2D eigenvalue weighted by Crippen LogP contribution is -2.21. The molecule has 1 N–H and O–H groups in total. The number of fused-ring (bicyclic) bond motifs is 1. The number of aromatic nitrogens is 2. The van der Waals surface area contributed by atoms with Crippen LogP contribution >= 0.6 is 0 Å². The Labute approximate surface area is 109 Å². The Balaban J connectivity index is 1.59. The quantitative estimate of drug-likeness (QED) is 0.888. The lowest BCUT2D eigenvalue weighted by atomic mass is 9.83. The zero-order valence-electron chi connectivity index (χ0n) is 11.3. The third kappa shape index (κ3) is 2.50. The Kier molecular flexibility index (Phi) is 3.48. The van der Waals surface area contributed by atoms with E-state index in [1.165, 1.54) is 43.4 Å². The number of hydrogen-bond acceptors (Lipinski definition) is 3. The van der Waals surface area contributed by atoms with E-state index in [9.17, 15) is 0 Å². The van der Waals surface area contributed by atoms with Crippen molar-refractivity contribution in [3.63, 3.8) is 0 Å². The Hall–Kier alpha value is -1.12. The van der Waals surface area contributed by atoms with Crippen LogP contribution < -0.4 is 5.32 Å². The predicted octanol–water partition coefficient (Wildman–Crippen LogP) is 3.20. The molecule has 3 nitrogen and oxygen atoms in total. The van der Waals surface area contributed by atoms with Crippen LogP contribution in [0.2, 0.25) is 0 Å². The summed E-state index contributed by atoms with van der Waals surface area (Å²) in [6, 6.07) is 0. The van der Waals surface area contributed by atoms with E-state index >= 15 is 0 Å². The minimum absolute atomic E-state index is 0.841. The smallest absolute Gasteiger partial charge is 0.132 e. The molecule has 1 fully saturated rings. The summed E-state index contributed by atoms with van der Waals surface area (Å²) in [6.07, 6.45) is 10.8. The molecule has 0 saturated heterocycles. The van der Waals surface area contributed by atoms with Gasteiger partial charge in [-0.25, -0.2) is 9.97 Å². The highest BCUT2D eigenvalue weighted by molar-refractivity contribution is 5.47. The van der Waals surface area contributed by atoms with Crippen molar-refractivity contribution in [1.82, 2.24) is 9.97 Å². The molecule has 0 aromatic carbocycles. The van der Waals surface area contributed by atoms with E-state index in [0.717, 1.165) is 37.0 Å². The van der Waals surface area contributed by atoms with Crippen molar-refractivity contribution in [2.24, 2.45) is 11.8 Å². The van der Waals surface area contributed by atoms with Crippen molar-refractivity contribution in [3.8, 4) is 0 Å². The highest BCUT2D eigenvalue weighted by Crippen LogP contribution is 2.29. The molecule has 3 heteroatoms. The van der Waals surface area contributed by atoms with Gasteiger partial charge in [-0.2, -0.15) is 0 Å². The van der Waals surface area contributed by atoms with Gasteiger partial charge in [0.15, 0.2) is 0 Å². The van der Waals surface area contributed by atoms with Gasteiger partial charge in [0.1, 0.15) is 12.1 Å². The Bertz CT molecular complexity index is 408. The van der Waals surface area contributed by atoms with Crippen LogP contribution in [0.25, 0.3) is 0 Å². The summed E-state index contributed by atoms with van der Waals surface area (Å²) in [5.41, 5.74) is 2.64. The molecular weight excluding hydrogens is 222 g/mol. The monoisotopic (exact) mass is 245 g/mol. The van der Waals surface area contributed by atoms with E-state index in [1.54, 1.807) is 6.33 Å². The zero-order valence-corrected chi connectivity index (χ0v) is 11.3. The lowest BCUT2D eigenvalue weighted by Gasteiger charge is -2.26. The van der Waals surface area contributed by atoms with E-state index in [4.69, 9.17) is 0 Å². The van der Waals surface area contributed by atoms with Gasteiger partial charge in [-0.3, -0.25) is 0 Å². The highest BCUT2D eigenvalue weighted by atomic mass is 15.0. The molecule has 0 bridgehead atoms. The lowest BCUT2D eigenvalue weighted by molar-refractivity contribution is 0.300. The van der Waals surface area contributed by atoms with Crippen LogP contribution in [-0.4, -0.2) is 16.5 Å². The fourth-order valence-corrected chi connectivity index (χ4v) is 3.29. The molecule has 0 atom stereocenters. The summed E-state index contributed by atoms with van der Waals surface area (Å²) in [4.78, 5) is 8.80. The van der Waals surface area contributed by atoms with E-state index in [1.807, 2.05) is 0 Å². The van der Waals surface area contributed by atoms with Crippen molar-refractivity contribution in [2.75, 3.05) is 11.9 Å². The minimum atomic E-state index is 0.841. The molecule has 1 heterocycles. The van der Waals surface area contributed by atoms with Gasteiger partial charge in [-0.15, -0.1) is 0 Å². The SMILES string of the molecule is CC1CCC(CNc2ncnc3c2CCC3)CC1. The third-order valence-corrected chi connectivity index (χ3v) is 4.57. The minimum Gasteiger partial charge on any atom is -0.369 e.